The molecule has 1 aliphatic rings. The number of thiophene rings is 1. The Morgan fingerprint density at radius 1 is 1.43 bits per heavy atom. The van der Waals surface area contributed by atoms with Gasteiger partial charge in [-0.25, -0.2) is 0 Å². The number of piperidine rings is 1. The Balaban J connectivity index is 1.96. The maximum Gasteiger partial charge on any atom is 0.237 e. The van der Waals surface area contributed by atoms with Gasteiger partial charge in [-0.15, -0.1) is 0 Å². The number of aliphatic hydroxyl groups excluding tert-OH is 1. The van der Waals surface area contributed by atoms with Crippen molar-refractivity contribution >= 4 is 17.2 Å². The number of rotatable bonds is 6. The van der Waals surface area contributed by atoms with Crippen molar-refractivity contribution in [3.05, 3.63) is 22.4 Å². The van der Waals surface area contributed by atoms with Crippen LogP contribution in [0.25, 0.3) is 0 Å². The third kappa shape index (κ3) is 4.53. The van der Waals surface area contributed by atoms with Gasteiger partial charge in [-0.3, -0.25) is 9.69 Å². The molecule has 0 saturated carbocycles. The van der Waals surface area contributed by atoms with Crippen molar-refractivity contribution in [1.29, 1.82) is 0 Å². The predicted octanol–water partition coefficient (Wildman–Crippen LogP) is 2.33. The van der Waals surface area contributed by atoms with E-state index in [9.17, 15) is 9.90 Å². The number of carbonyl (C=O) groups excluding carboxylic acids is 1. The van der Waals surface area contributed by atoms with Crippen molar-refractivity contribution in [2.45, 2.75) is 51.7 Å². The Labute approximate surface area is 131 Å². The smallest absolute Gasteiger partial charge is 0.237 e. The zero-order chi connectivity index (χ0) is 15.2. The third-order valence-corrected chi connectivity index (χ3v) is 4.97. The summed E-state index contributed by atoms with van der Waals surface area (Å²) in [6.45, 7) is 6.03. The van der Waals surface area contributed by atoms with E-state index in [1.54, 1.807) is 11.3 Å². The highest BCUT2D eigenvalue weighted by Gasteiger charge is 2.29. The number of hydrogen-bond acceptors (Lipinski definition) is 4. The molecule has 0 radical (unpaired) electrons. The lowest BCUT2D eigenvalue weighted by Crippen LogP contribution is -2.51. The van der Waals surface area contributed by atoms with Gasteiger partial charge in [0.05, 0.1) is 13.2 Å². The summed E-state index contributed by atoms with van der Waals surface area (Å²) < 4.78 is 0. The second kappa shape index (κ2) is 7.92. The first-order valence-electron chi connectivity index (χ1n) is 7.77. The van der Waals surface area contributed by atoms with E-state index in [0.717, 1.165) is 19.4 Å². The molecule has 0 aliphatic carbocycles. The van der Waals surface area contributed by atoms with Gasteiger partial charge in [0.15, 0.2) is 0 Å². The number of nitrogens with zero attached hydrogens (tertiary/aromatic N) is 2. The summed E-state index contributed by atoms with van der Waals surface area (Å²) in [5.41, 5.74) is 1.21. The van der Waals surface area contributed by atoms with Crippen LogP contribution in [-0.2, 0) is 11.3 Å². The minimum atomic E-state index is 0.0858. The average molecular weight is 310 g/mol. The predicted molar refractivity (Wildman–Crippen MR) is 86.3 cm³/mol. The fraction of sp³-hybridized carbons (Fsp3) is 0.688. The summed E-state index contributed by atoms with van der Waals surface area (Å²) in [6, 6.07) is 2.74. The first-order chi connectivity index (χ1) is 10.1. The Hall–Kier alpha value is -0.910. The van der Waals surface area contributed by atoms with Gasteiger partial charge in [0.1, 0.15) is 0 Å². The molecule has 1 amide bonds. The van der Waals surface area contributed by atoms with Crippen LogP contribution in [0.15, 0.2) is 16.8 Å². The molecule has 2 heterocycles. The maximum atomic E-state index is 12.6. The molecule has 1 N–H and O–H groups in total. The Kier molecular flexibility index (Phi) is 6.21. The summed E-state index contributed by atoms with van der Waals surface area (Å²) in [6.07, 6.45) is 3.41. The molecule has 5 heteroatoms. The molecule has 1 aliphatic heterocycles. The van der Waals surface area contributed by atoms with Crippen LogP contribution < -0.4 is 0 Å². The Morgan fingerprint density at radius 3 is 2.71 bits per heavy atom. The van der Waals surface area contributed by atoms with Crippen molar-refractivity contribution in [3.8, 4) is 0 Å². The van der Waals surface area contributed by atoms with Gasteiger partial charge in [0.25, 0.3) is 0 Å². The lowest BCUT2D eigenvalue weighted by atomic mass is 9.97. The van der Waals surface area contributed by atoms with Crippen molar-refractivity contribution in [3.63, 3.8) is 0 Å². The average Bonchev–Trinajstić information content (AvgIpc) is 2.91. The highest BCUT2D eigenvalue weighted by atomic mass is 32.1. The van der Waals surface area contributed by atoms with Crippen LogP contribution in [-0.4, -0.2) is 52.6 Å². The molecule has 0 unspecified atom stereocenters. The number of likely N-dealkylation sites (tertiary alicyclic amines) is 1. The SMILES string of the molecule is C[C@H]1CCC[C@H](C)N1C(=O)CN(CCO)Cc1ccsc1. The largest absolute Gasteiger partial charge is 0.395 e. The van der Waals surface area contributed by atoms with Crippen molar-refractivity contribution in [2.24, 2.45) is 0 Å². The van der Waals surface area contributed by atoms with E-state index in [1.165, 1.54) is 12.0 Å². The first-order valence-corrected chi connectivity index (χ1v) is 8.71. The molecule has 118 valence electrons. The van der Waals surface area contributed by atoms with Gasteiger partial charge < -0.3 is 10.0 Å². The first kappa shape index (κ1) is 16.5. The van der Waals surface area contributed by atoms with Crippen molar-refractivity contribution < 1.29 is 9.90 Å². The molecular weight excluding hydrogens is 284 g/mol. The quantitative estimate of drug-likeness (QED) is 0.877. The summed E-state index contributed by atoms with van der Waals surface area (Å²) in [7, 11) is 0. The second-order valence-corrected chi connectivity index (χ2v) is 6.78. The minimum Gasteiger partial charge on any atom is -0.395 e. The second-order valence-electron chi connectivity index (χ2n) is 6.00. The van der Waals surface area contributed by atoms with Crippen LogP contribution in [0, 0.1) is 0 Å². The van der Waals surface area contributed by atoms with Crippen LogP contribution in [0.5, 0.6) is 0 Å². The number of aliphatic hydroxyl groups is 1. The van der Waals surface area contributed by atoms with E-state index >= 15 is 0 Å². The lowest BCUT2D eigenvalue weighted by Gasteiger charge is -2.40. The molecule has 1 fully saturated rings. The zero-order valence-corrected chi connectivity index (χ0v) is 13.8. The normalized spacial score (nSPS) is 22.8. The fourth-order valence-electron chi connectivity index (χ4n) is 3.18. The summed E-state index contributed by atoms with van der Waals surface area (Å²) in [5.74, 6) is 0.193. The van der Waals surface area contributed by atoms with Crippen LogP contribution >= 0.6 is 11.3 Å². The molecule has 4 nitrogen and oxygen atoms in total. The van der Waals surface area contributed by atoms with E-state index in [0.29, 0.717) is 25.2 Å². The Morgan fingerprint density at radius 2 is 2.14 bits per heavy atom. The number of amides is 1. The monoisotopic (exact) mass is 310 g/mol. The molecule has 1 saturated heterocycles. The Bertz CT molecular complexity index is 425. The van der Waals surface area contributed by atoms with Gasteiger partial charge in [0, 0.05) is 25.2 Å². The molecular formula is C16H26N2O2S. The molecule has 1 aromatic rings. The molecule has 21 heavy (non-hydrogen) atoms. The van der Waals surface area contributed by atoms with E-state index in [-0.39, 0.29) is 12.5 Å². The topological polar surface area (TPSA) is 43.8 Å². The van der Waals surface area contributed by atoms with Gasteiger partial charge in [-0.05, 0) is 55.5 Å². The van der Waals surface area contributed by atoms with Gasteiger partial charge in [-0.2, -0.15) is 11.3 Å². The molecule has 2 atom stereocenters. The van der Waals surface area contributed by atoms with Crippen LogP contribution in [0.2, 0.25) is 0 Å². The van der Waals surface area contributed by atoms with E-state index in [1.807, 2.05) is 15.2 Å². The fourth-order valence-corrected chi connectivity index (χ4v) is 3.84. The van der Waals surface area contributed by atoms with Crippen LogP contribution in [0.3, 0.4) is 0 Å². The van der Waals surface area contributed by atoms with E-state index in [2.05, 4.69) is 25.3 Å². The van der Waals surface area contributed by atoms with Crippen molar-refractivity contribution in [2.75, 3.05) is 19.7 Å². The molecule has 0 bridgehead atoms. The zero-order valence-electron chi connectivity index (χ0n) is 13.0. The molecule has 2 rings (SSSR count). The van der Waals surface area contributed by atoms with Gasteiger partial charge in [-0.1, -0.05) is 0 Å². The van der Waals surface area contributed by atoms with E-state index < -0.39 is 0 Å². The lowest BCUT2D eigenvalue weighted by molar-refractivity contribution is -0.138. The standard InChI is InChI=1S/C16H26N2O2S/c1-13-4-3-5-14(2)18(13)16(20)11-17(7-8-19)10-15-6-9-21-12-15/h6,9,12-14,19H,3-5,7-8,10-11H2,1-2H3/t13-,14-/m0/s1. The van der Waals surface area contributed by atoms with Crippen LogP contribution in [0.4, 0.5) is 0 Å². The molecule has 0 aromatic carbocycles. The highest BCUT2D eigenvalue weighted by molar-refractivity contribution is 7.07. The number of carbonyl (C=O) groups is 1. The van der Waals surface area contributed by atoms with Gasteiger partial charge in [0.2, 0.25) is 5.91 Å². The third-order valence-electron chi connectivity index (χ3n) is 4.24. The van der Waals surface area contributed by atoms with Crippen molar-refractivity contribution in [1.82, 2.24) is 9.80 Å². The molecule has 0 spiro atoms. The van der Waals surface area contributed by atoms with E-state index in [4.69, 9.17) is 0 Å². The summed E-state index contributed by atoms with van der Waals surface area (Å²) in [4.78, 5) is 16.7. The minimum absolute atomic E-state index is 0.0858. The number of hydrogen-bond donors (Lipinski definition) is 1. The highest BCUT2D eigenvalue weighted by Crippen LogP contribution is 2.23. The maximum absolute atomic E-state index is 12.6. The molecule has 1 aromatic heterocycles. The summed E-state index contributed by atoms with van der Waals surface area (Å²) in [5, 5.41) is 13.4. The van der Waals surface area contributed by atoms with Gasteiger partial charge >= 0.3 is 0 Å². The van der Waals surface area contributed by atoms with Crippen LogP contribution in [0.1, 0.15) is 38.7 Å². The summed E-state index contributed by atoms with van der Waals surface area (Å²) >= 11 is 1.66.